The van der Waals surface area contributed by atoms with E-state index in [-0.39, 0.29) is 0 Å². The predicted molar refractivity (Wildman–Crippen MR) is 54.4 cm³/mol. The molecule has 0 saturated carbocycles. The molecule has 0 radical (unpaired) electrons. The van der Waals surface area contributed by atoms with Gasteiger partial charge in [-0.1, -0.05) is 18.7 Å². The van der Waals surface area contributed by atoms with Crippen molar-refractivity contribution in [1.29, 1.82) is 5.26 Å². The minimum absolute atomic E-state index is 0.423. The van der Waals surface area contributed by atoms with Crippen LogP contribution in [0.3, 0.4) is 0 Å². The Morgan fingerprint density at radius 1 is 1.40 bits per heavy atom. The highest BCUT2D eigenvalue weighted by Gasteiger charge is 2.08. The summed E-state index contributed by atoms with van der Waals surface area (Å²) in [6.07, 6.45) is 1.44. The number of nitrogens with zero attached hydrogens (tertiary/aromatic N) is 5. The first-order chi connectivity index (χ1) is 7.35. The number of hydrogen-bond donors (Lipinski definition) is 0. The lowest BCUT2D eigenvalue weighted by molar-refractivity contribution is 0.760. The Morgan fingerprint density at radius 2 is 2.20 bits per heavy atom. The van der Waals surface area contributed by atoms with Crippen LogP contribution in [0.5, 0.6) is 0 Å². The van der Waals surface area contributed by atoms with Crippen molar-refractivity contribution in [3.63, 3.8) is 0 Å². The molecule has 2 rings (SSSR count). The van der Waals surface area contributed by atoms with Crippen molar-refractivity contribution in [3.05, 3.63) is 36.4 Å². The maximum absolute atomic E-state index is 8.89. The molecule has 0 saturated heterocycles. The van der Waals surface area contributed by atoms with Gasteiger partial charge in [0.2, 0.25) is 5.82 Å². The van der Waals surface area contributed by atoms with Crippen LogP contribution in [0.15, 0.2) is 30.8 Å². The van der Waals surface area contributed by atoms with Crippen molar-refractivity contribution in [1.82, 2.24) is 20.2 Å². The molecule has 1 heterocycles. The molecular formula is C10H7N5. The monoisotopic (exact) mass is 197 g/mol. The highest BCUT2D eigenvalue weighted by atomic mass is 15.6. The second-order valence-electron chi connectivity index (χ2n) is 2.77. The van der Waals surface area contributed by atoms with E-state index in [1.54, 1.807) is 18.2 Å². The van der Waals surface area contributed by atoms with E-state index in [1.165, 1.54) is 11.0 Å². The zero-order valence-electron chi connectivity index (χ0n) is 7.83. The Kier molecular flexibility index (Phi) is 2.25. The Labute approximate surface area is 86.3 Å². The molecule has 5 heteroatoms. The van der Waals surface area contributed by atoms with Crippen LogP contribution in [0, 0.1) is 11.3 Å². The fourth-order valence-electron chi connectivity index (χ4n) is 1.19. The van der Waals surface area contributed by atoms with Crippen LogP contribution in [-0.4, -0.2) is 20.2 Å². The van der Waals surface area contributed by atoms with Crippen LogP contribution in [0.2, 0.25) is 0 Å². The van der Waals surface area contributed by atoms with Crippen LogP contribution in [-0.2, 0) is 0 Å². The summed E-state index contributed by atoms with van der Waals surface area (Å²) >= 11 is 0. The van der Waals surface area contributed by atoms with E-state index >= 15 is 0 Å². The molecule has 0 amide bonds. The molecule has 0 atom stereocenters. The standard InChI is InChI=1S/C10H7N5/c1-2-15-13-10(12-14-15)9-6-4-3-5-8(9)7-11/h2-6H,1H2. The third-order valence-corrected chi connectivity index (χ3v) is 1.88. The first-order valence-corrected chi connectivity index (χ1v) is 4.26. The molecule has 1 aromatic heterocycles. The van der Waals surface area contributed by atoms with Gasteiger partial charge in [0.1, 0.15) is 0 Å². The number of hydrogen-bond acceptors (Lipinski definition) is 4. The van der Waals surface area contributed by atoms with E-state index in [9.17, 15) is 0 Å². The zero-order valence-corrected chi connectivity index (χ0v) is 7.83. The van der Waals surface area contributed by atoms with Crippen molar-refractivity contribution in [2.75, 3.05) is 0 Å². The second-order valence-corrected chi connectivity index (χ2v) is 2.77. The van der Waals surface area contributed by atoms with Crippen molar-refractivity contribution in [2.45, 2.75) is 0 Å². The maximum atomic E-state index is 8.89. The quantitative estimate of drug-likeness (QED) is 0.728. The Bertz CT molecular complexity index is 535. The number of nitriles is 1. The van der Waals surface area contributed by atoms with Crippen LogP contribution in [0.25, 0.3) is 17.6 Å². The van der Waals surface area contributed by atoms with Crippen molar-refractivity contribution in [2.24, 2.45) is 0 Å². The van der Waals surface area contributed by atoms with Gasteiger partial charge in [0.25, 0.3) is 0 Å². The molecule has 0 N–H and O–H groups in total. The summed E-state index contributed by atoms with van der Waals surface area (Å²) in [6.45, 7) is 3.51. The highest BCUT2D eigenvalue weighted by Crippen LogP contribution is 2.17. The molecule has 0 aliphatic carbocycles. The molecule has 0 bridgehead atoms. The summed E-state index contributed by atoms with van der Waals surface area (Å²) in [6, 6.07) is 9.19. The molecular weight excluding hydrogens is 190 g/mol. The molecule has 15 heavy (non-hydrogen) atoms. The Balaban J connectivity index is 2.54. The van der Waals surface area contributed by atoms with Gasteiger partial charge in [-0.3, -0.25) is 0 Å². The van der Waals surface area contributed by atoms with Gasteiger partial charge in [0.05, 0.1) is 11.6 Å². The van der Waals surface area contributed by atoms with Gasteiger partial charge in [-0.2, -0.15) is 5.26 Å². The summed E-state index contributed by atoms with van der Waals surface area (Å²) < 4.78 is 0. The lowest BCUT2D eigenvalue weighted by atomic mass is 10.1. The molecule has 2 aromatic rings. The second kappa shape index (κ2) is 3.72. The molecule has 0 aliphatic heterocycles. The zero-order chi connectivity index (χ0) is 10.7. The van der Waals surface area contributed by atoms with Gasteiger partial charge in [0, 0.05) is 11.8 Å². The van der Waals surface area contributed by atoms with Crippen LogP contribution < -0.4 is 0 Å². The lowest BCUT2D eigenvalue weighted by Gasteiger charge is -1.95. The normalized spacial score (nSPS) is 9.53. The van der Waals surface area contributed by atoms with Crippen LogP contribution in [0.4, 0.5) is 0 Å². The molecule has 0 aliphatic rings. The summed E-state index contributed by atoms with van der Waals surface area (Å²) in [5.74, 6) is 0.423. The minimum Gasteiger partial charge on any atom is -0.192 e. The van der Waals surface area contributed by atoms with Crippen LogP contribution in [0.1, 0.15) is 5.56 Å². The fraction of sp³-hybridized carbons (Fsp3) is 0. The molecule has 72 valence electrons. The van der Waals surface area contributed by atoms with Crippen molar-refractivity contribution in [3.8, 4) is 17.5 Å². The first-order valence-electron chi connectivity index (χ1n) is 4.26. The Hall–Kier alpha value is -2.48. The number of benzene rings is 1. The molecule has 5 nitrogen and oxygen atoms in total. The van der Waals surface area contributed by atoms with E-state index in [0.717, 1.165) is 0 Å². The smallest absolute Gasteiger partial charge is 0.192 e. The molecule has 1 aromatic carbocycles. The molecule has 0 unspecified atom stereocenters. The highest BCUT2D eigenvalue weighted by molar-refractivity contribution is 5.63. The lowest BCUT2D eigenvalue weighted by Crippen LogP contribution is -1.90. The van der Waals surface area contributed by atoms with Crippen molar-refractivity contribution < 1.29 is 0 Å². The summed E-state index contributed by atoms with van der Waals surface area (Å²) in [5.41, 5.74) is 1.20. The third kappa shape index (κ3) is 1.60. The van der Waals surface area contributed by atoms with Gasteiger partial charge in [-0.15, -0.1) is 15.0 Å². The van der Waals surface area contributed by atoms with Gasteiger partial charge in [-0.05, 0) is 17.3 Å². The Morgan fingerprint density at radius 3 is 2.87 bits per heavy atom. The summed E-state index contributed by atoms with van der Waals surface area (Å²) in [7, 11) is 0. The van der Waals surface area contributed by atoms with Gasteiger partial charge in [-0.25, -0.2) is 0 Å². The van der Waals surface area contributed by atoms with E-state index in [2.05, 4.69) is 28.1 Å². The van der Waals surface area contributed by atoms with E-state index < -0.39 is 0 Å². The van der Waals surface area contributed by atoms with Crippen molar-refractivity contribution >= 4 is 6.20 Å². The van der Waals surface area contributed by atoms with E-state index in [1.807, 2.05) is 6.07 Å². The fourth-order valence-corrected chi connectivity index (χ4v) is 1.19. The SMILES string of the molecule is C=Cn1nnc(-c2ccccc2C#N)n1. The van der Waals surface area contributed by atoms with E-state index in [4.69, 9.17) is 5.26 Å². The third-order valence-electron chi connectivity index (χ3n) is 1.88. The topological polar surface area (TPSA) is 67.4 Å². The van der Waals surface area contributed by atoms with Crippen LogP contribution >= 0.6 is 0 Å². The summed E-state index contributed by atoms with van der Waals surface area (Å²) in [4.78, 5) is 1.25. The number of rotatable bonds is 2. The van der Waals surface area contributed by atoms with Gasteiger partial charge in [0.15, 0.2) is 0 Å². The average Bonchev–Trinajstić information content (AvgIpc) is 2.77. The van der Waals surface area contributed by atoms with E-state index in [0.29, 0.717) is 17.0 Å². The molecule has 0 spiro atoms. The molecule has 0 fully saturated rings. The first kappa shape index (κ1) is 9.09. The predicted octanol–water partition coefficient (Wildman–Crippen LogP) is 1.31. The van der Waals surface area contributed by atoms with Gasteiger partial charge < -0.3 is 0 Å². The average molecular weight is 197 g/mol. The maximum Gasteiger partial charge on any atom is 0.206 e. The minimum atomic E-state index is 0.423. The largest absolute Gasteiger partial charge is 0.206 e. The summed E-state index contributed by atoms with van der Waals surface area (Å²) in [5, 5.41) is 20.5. The number of aromatic nitrogens is 4. The number of tetrazole rings is 1. The van der Waals surface area contributed by atoms with Gasteiger partial charge >= 0.3 is 0 Å².